The molecule has 2 spiro atoms. The summed E-state index contributed by atoms with van der Waals surface area (Å²) in [6.45, 7) is 8.71. The predicted octanol–water partition coefficient (Wildman–Crippen LogP) is 3.80. The summed E-state index contributed by atoms with van der Waals surface area (Å²) >= 11 is 0. The second-order valence-electron chi connectivity index (χ2n) is 11.2. The molecule has 2 aliphatic heterocycles. The van der Waals surface area contributed by atoms with Gasteiger partial charge in [0.1, 0.15) is 6.26 Å². The van der Waals surface area contributed by atoms with Crippen molar-refractivity contribution < 1.29 is 18.7 Å². The lowest BCUT2D eigenvalue weighted by molar-refractivity contribution is -0.147. The second-order valence-corrected chi connectivity index (χ2v) is 11.2. The average molecular weight is 401 g/mol. The zero-order valence-electron chi connectivity index (χ0n) is 17.8. The first-order chi connectivity index (χ1) is 13.7. The summed E-state index contributed by atoms with van der Waals surface area (Å²) in [5, 5.41) is 0. The van der Waals surface area contributed by atoms with Crippen molar-refractivity contribution in [3.63, 3.8) is 0 Å². The number of esters is 1. The molecule has 29 heavy (non-hydrogen) atoms. The molecule has 0 unspecified atom stereocenters. The summed E-state index contributed by atoms with van der Waals surface area (Å²) < 4.78 is 10.9. The Bertz CT molecular complexity index is 814. The monoisotopic (exact) mass is 400 g/mol. The van der Waals surface area contributed by atoms with Gasteiger partial charge in [-0.25, -0.2) is 4.98 Å². The summed E-state index contributed by atoms with van der Waals surface area (Å²) in [6.07, 6.45) is 8.39. The highest BCUT2D eigenvalue weighted by molar-refractivity contribution is 5.81. The minimum atomic E-state index is -0.101. The van der Waals surface area contributed by atoms with E-state index < -0.39 is 0 Å². The molecule has 2 saturated heterocycles. The first kappa shape index (κ1) is 19.1. The van der Waals surface area contributed by atoms with Crippen molar-refractivity contribution in [3.05, 3.63) is 17.8 Å². The van der Waals surface area contributed by atoms with Crippen molar-refractivity contribution in [2.45, 2.75) is 77.0 Å². The van der Waals surface area contributed by atoms with E-state index in [0.717, 1.165) is 63.2 Å². The summed E-state index contributed by atoms with van der Waals surface area (Å²) in [7, 11) is 0. The third-order valence-electron chi connectivity index (χ3n) is 7.90. The zero-order valence-corrected chi connectivity index (χ0v) is 17.8. The average Bonchev–Trinajstić information content (AvgIpc) is 3.25. The number of carbonyl (C=O) groups excluding carboxylic acids is 2. The van der Waals surface area contributed by atoms with Crippen molar-refractivity contribution in [1.29, 1.82) is 0 Å². The van der Waals surface area contributed by atoms with Crippen LogP contribution >= 0.6 is 0 Å². The van der Waals surface area contributed by atoms with Gasteiger partial charge >= 0.3 is 5.97 Å². The van der Waals surface area contributed by atoms with Gasteiger partial charge in [-0.05, 0) is 43.9 Å². The van der Waals surface area contributed by atoms with Crippen LogP contribution in [0.5, 0.6) is 0 Å². The molecule has 6 nitrogen and oxygen atoms in total. The maximum atomic E-state index is 12.9. The number of aromatic nitrogens is 1. The van der Waals surface area contributed by atoms with E-state index in [1.165, 1.54) is 0 Å². The molecule has 1 aromatic rings. The molecule has 2 aliphatic carbocycles. The fourth-order valence-corrected chi connectivity index (χ4v) is 5.91. The van der Waals surface area contributed by atoms with Crippen molar-refractivity contribution in [1.82, 2.24) is 9.88 Å². The number of likely N-dealkylation sites (tertiary alicyclic amines) is 1. The number of hydrogen-bond donors (Lipinski definition) is 0. The standard InChI is InChI=1S/C23H32N2O4/c1-21(2,3)17-13-28-19(24-17)15-8-22(9-15)4-6-25(7-5-22)20(27)16-10-23(11-16)12-18(26)29-14-23/h13,15-16H,4-12,14H2,1-3H3. The number of ether oxygens (including phenoxy) is 1. The van der Waals surface area contributed by atoms with E-state index in [2.05, 4.69) is 25.7 Å². The number of cyclic esters (lactones) is 1. The van der Waals surface area contributed by atoms with Gasteiger partial charge in [-0.1, -0.05) is 20.8 Å². The Balaban J connectivity index is 1.11. The molecule has 0 radical (unpaired) electrons. The molecule has 0 N–H and O–H groups in total. The molecule has 1 aromatic heterocycles. The van der Waals surface area contributed by atoms with E-state index in [9.17, 15) is 9.59 Å². The minimum Gasteiger partial charge on any atom is -0.465 e. The van der Waals surface area contributed by atoms with E-state index in [1.54, 1.807) is 0 Å². The predicted molar refractivity (Wildman–Crippen MR) is 106 cm³/mol. The quantitative estimate of drug-likeness (QED) is 0.706. The fourth-order valence-electron chi connectivity index (χ4n) is 5.91. The number of carbonyl (C=O) groups is 2. The second kappa shape index (κ2) is 6.32. The van der Waals surface area contributed by atoms with Crippen molar-refractivity contribution in [2.24, 2.45) is 16.7 Å². The van der Waals surface area contributed by atoms with E-state index in [-0.39, 0.29) is 22.7 Å². The topological polar surface area (TPSA) is 72.6 Å². The van der Waals surface area contributed by atoms with Gasteiger partial charge in [-0.3, -0.25) is 9.59 Å². The van der Waals surface area contributed by atoms with E-state index in [0.29, 0.717) is 30.3 Å². The fraction of sp³-hybridized carbons (Fsp3) is 0.783. The Morgan fingerprint density at radius 1 is 1.14 bits per heavy atom. The molecular weight excluding hydrogens is 368 g/mol. The van der Waals surface area contributed by atoms with Crippen LogP contribution in [0.1, 0.15) is 83.2 Å². The molecule has 6 heteroatoms. The van der Waals surface area contributed by atoms with Crippen LogP contribution in [0.4, 0.5) is 0 Å². The van der Waals surface area contributed by atoms with E-state index in [4.69, 9.17) is 14.1 Å². The lowest BCUT2D eigenvalue weighted by atomic mass is 9.57. The molecule has 158 valence electrons. The van der Waals surface area contributed by atoms with Gasteiger partial charge in [0.2, 0.25) is 5.91 Å². The third kappa shape index (κ3) is 3.28. The van der Waals surface area contributed by atoms with Gasteiger partial charge in [0, 0.05) is 35.8 Å². The highest BCUT2D eigenvalue weighted by Gasteiger charge is 2.54. The Kier molecular flexibility index (Phi) is 4.17. The van der Waals surface area contributed by atoms with Gasteiger partial charge in [-0.15, -0.1) is 0 Å². The van der Waals surface area contributed by atoms with Gasteiger partial charge in [0.15, 0.2) is 5.89 Å². The van der Waals surface area contributed by atoms with Crippen LogP contribution in [0.2, 0.25) is 0 Å². The molecule has 4 fully saturated rings. The summed E-state index contributed by atoms with van der Waals surface area (Å²) in [6, 6.07) is 0. The number of amides is 1. The van der Waals surface area contributed by atoms with E-state index >= 15 is 0 Å². The smallest absolute Gasteiger partial charge is 0.306 e. The number of nitrogens with zero attached hydrogens (tertiary/aromatic N) is 2. The molecule has 0 atom stereocenters. The number of piperidine rings is 1. The van der Waals surface area contributed by atoms with Crippen LogP contribution in [0.3, 0.4) is 0 Å². The first-order valence-corrected chi connectivity index (χ1v) is 11.1. The van der Waals surface area contributed by atoms with Crippen molar-refractivity contribution in [2.75, 3.05) is 19.7 Å². The number of rotatable bonds is 2. The molecule has 1 amide bonds. The summed E-state index contributed by atoms with van der Waals surface area (Å²) in [5.41, 5.74) is 1.39. The highest BCUT2D eigenvalue weighted by Crippen LogP contribution is 2.57. The Morgan fingerprint density at radius 3 is 2.38 bits per heavy atom. The molecule has 3 heterocycles. The van der Waals surface area contributed by atoms with Gasteiger partial charge in [0.05, 0.1) is 18.7 Å². The number of oxazole rings is 1. The lowest BCUT2D eigenvalue weighted by Crippen LogP contribution is -2.52. The van der Waals surface area contributed by atoms with Crippen LogP contribution in [0.15, 0.2) is 10.7 Å². The van der Waals surface area contributed by atoms with Crippen LogP contribution in [0, 0.1) is 16.7 Å². The molecule has 0 bridgehead atoms. The van der Waals surface area contributed by atoms with Crippen LogP contribution in [0.25, 0.3) is 0 Å². The van der Waals surface area contributed by atoms with Crippen LogP contribution in [-0.4, -0.2) is 41.5 Å². The Morgan fingerprint density at radius 2 is 1.83 bits per heavy atom. The Labute approximate surface area is 172 Å². The maximum absolute atomic E-state index is 12.9. The maximum Gasteiger partial charge on any atom is 0.306 e. The highest BCUT2D eigenvalue weighted by atomic mass is 16.5. The molecule has 2 saturated carbocycles. The molecule has 5 rings (SSSR count). The SMILES string of the molecule is CC(C)(C)c1coc(C2CC3(CCN(C(=O)C4CC5(COC(=O)C5)C4)CC3)C2)n1. The van der Waals surface area contributed by atoms with Crippen LogP contribution in [-0.2, 0) is 19.7 Å². The van der Waals surface area contributed by atoms with Crippen LogP contribution < -0.4 is 0 Å². The summed E-state index contributed by atoms with van der Waals surface area (Å²) in [4.78, 5) is 31.1. The van der Waals surface area contributed by atoms with Gasteiger partial charge < -0.3 is 14.1 Å². The van der Waals surface area contributed by atoms with Crippen molar-refractivity contribution >= 4 is 11.9 Å². The minimum absolute atomic E-state index is 0.0207. The largest absolute Gasteiger partial charge is 0.465 e. The lowest BCUT2D eigenvalue weighted by Gasteiger charge is -2.52. The molecule has 0 aromatic carbocycles. The number of hydrogen-bond acceptors (Lipinski definition) is 5. The first-order valence-electron chi connectivity index (χ1n) is 11.1. The normalized spacial score (nSPS) is 28.3. The Hall–Kier alpha value is -1.85. The van der Waals surface area contributed by atoms with Crippen molar-refractivity contribution in [3.8, 4) is 0 Å². The van der Waals surface area contributed by atoms with E-state index in [1.807, 2.05) is 6.26 Å². The summed E-state index contributed by atoms with van der Waals surface area (Å²) in [5.74, 6) is 1.61. The zero-order chi connectivity index (χ0) is 20.4. The third-order valence-corrected chi connectivity index (χ3v) is 7.90. The molecule has 4 aliphatic rings. The van der Waals surface area contributed by atoms with Gasteiger partial charge in [0.25, 0.3) is 0 Å². The molecular formula is C23H32N2O4. The van der Waals surface area contributed by atoms with Gasteiger partial charge in [-0.2, -0.15) is 0 Å².